The smallest absolute Gasteiger partial charge is 0.395 e. The molecule has 9 heteroatoms. The minimum absolute atomic E-state index is 0.292. The average Bonchev–Trinajstić information content (AvgIpc) is 2.19. The van der Waals surface area contributed by atoms with Crippen LogP contribution in [0.15, 0.2) is 11.1 Å². The molecule has 0 bridgehead atoms. The second-order valence-electron chi connectivity index (χ2n) is 3.23. The number of nitrogens with zero attached hydrogens (tertiary/aromatic N) is 2. The molecule has 0 fully saturated rings. The van der Waals surface area contributed by atoms with Gasteiger partial charge in [0, 0.05) is 6.54 Å². The average molecular weight is 252 g/mol. The number of alkyl halides is 3. The Kier molecular flexibility index (Phi) is 3.94. The van der Waals surface area contributed by atoms with Crippen LogP contribution in [0.3, 0.4) is 0 Å². The number of hydrogen-bond donors (Lipinski definition) is 3. The number of aromatic amines is 1. The van der Waals surface area contributed by atoms with Crippen molar-refractivity contribution in [2.75, 3.05) is 30.3 Å². The molecule has 1 heterocycles. The number of anilines is 2. The van der Waals surface area contributed by atoms with Crippen molar-refractivity contribution in [3.8, 4) is 0 Å². The zero-order chi connectivity index (χ0) is 13.1. The van der Waals surface area contributed by atoms with Crippen molar-refractivity contribution in [2.45, 2.75) is 6.18 Å². The lowest BCUT2D eigenvalue weighted by molar-refractivity contribution is -0.119. The molecule has 1 aromatic rings. The van der Waals surface area contributed by atoms with Crippen LogP contribution in [0, 0.1) is 0 Å². The van der Waals surface area contributed by atoms with E-state index in [9.17, 15) is 18.0 Å². The zero-order valence-electron chi connectivity index (χ0n) is 8.66. The van der Waals surface area contributed by atoms with Crippen LogP contribution in [-0.2, 0) is 0 Å². The predicted octanol–water partition coefficient (Wildman–Crippen LogP) is -0.287. The van der Waals surface area contributed by atoms with Gasteiger partial charge in [-0.05, 0) is 0 Å². The molecule has 4 N–H and O–H groups in total. The molecule has 1 rings (SSSR count). The Hall–Kier alpha value is -1.77. The third kappa shape index (κ3) is 3.63. The monoisotopic (exact) mass is 252 g/mol. The standard InChI is InChI=1S/C8H11F3N4O2/c9-8(10,11)3-15(1-2-16)6-5(12)7(17)14-4-13-6/h4,16H,1-3,12H2,(H,13,14,17). The number of aromatic nitrogens is 2. The summed E-state index contributed by atoms with van der Waals surface area (Å²) in [6.07, 6.45) is -3.53. The summed E-state index contributed by atoms with van der Waals surface area (Å²) in [5.74, 6) is -0.292. The largest absolute Gasteiger partial charge is 0.405 e. The Morgan fingerprint density at radius 3 is 2.71 bits per heavy atom. The Balaban J connectivity index is 3.05. The van der Waals surface area contributed by atoms with Gasteiger partial charge in [0.1, 0.15) is 12.2 Å². The number of nitrogen functional groups attached to an aromatic ring is 1. The SMILES string of the molecule is Nc1c(N(CCO)CC(F)(F)F)nc[nH]c1=O. The van der Waals surface area contributed by atoms with Crippen molar-refractivity contribution < 1.29 is 18.3 Å². The van der Waals surface area contributed by atoms with Crippen molar-refractivity contribution in [1.82, 2.24) is 9.97 Å². The van der Waals surface area contributed by atoms with Gasteiger partial charge in [0.05, 0.1) is 12.9 Å². The number of nitrogens with one attached hydrogen (secondary N) is 1. The molecule has 0 spiro atoms. The van der Waals surface area contributed by atoms with E-state index in [1.807, 2.05) is 0 Å². The van der Waals surface area contributed by atoms with E-state index in [0.717, 1.165) is 6.33 Å². The van der Waals surface area contributed by atoms with Gasteiger partial charge in [0.15, 0.2) is 5.82 Å². The second kappa shape index (κ2) is 5.04. The lowest BCUT2D eigenvalue weighted by Gasteiger charge is -2.24. The maximum atomic E-state index is 12.3. The molecule has 0 aliphatic carbocycles. The van der Waals surface area contributed by atoms with Crippen LogP contribution >= 0.6 is 0 Å². The summed E-state index contributed by atoms with van der Waals surface area (Å²) in [6.45, 7) is -2.17. The lowest BCUT2D eigenvalue weighted by Crippen LogP contribution is -2.38. The van der Waals surface area contributed by atoms with E-state index in [2.05, 4.69) is 9.97 Å². The highest BCUT2D eigenvalue weighted by Gasteiger charge is 2.32. The first kappa shape index (κ1) is 13.3. The molecule has 0 saturated carbocycles. The summed E-state index contributed by atoms with van der Waals surface area (Å²) < 4.78 is 36.8. The summed E-state index contributed by atoms with van der Waals surface area (Å²) in [6, 6.07) is 0. The van der Waals surface area contributed by atoms with E-state index in [4.69, 9.17) is 10.8 Å². The van der Waals surface area contributed by atoms with Crippen LogP contribution < -0.4 is 16.2 Å². The van der Waals surface area contributed by atoms with Crippen LogP contribution in [-0.4, -0.2) is 40.9 Å². The fourth-order valence-corrected chi connectivity index (χ4v) is 1.25. The van der Waals surface area contributed by atoms with Gasteiger partial charge in [0.25, 0.3) is 5.56 Å². The highest BCUT2D eigenvalue weighted by molar-refractivity contribution is 5.60. The molecule has 0 saturated heterocycles. The maximum absolute atomic E-state index is 12.3. The van der Waals surface area contributed by atoms with E-state index < -0.39 is 30.6 Å². The van der Waals surface area contributed by atoms with E-state index in [0.29, 0.717) is 4.90 Å². The Labute approximate surface area is 93.9 Å². The van der Waals surface area contributed by atoms with Crippen molar-refractivity contribution in [3.63, 3.8) is 0 Å². The van der Waals surface area contributed by atoms with E-state index in [1.54, 1.807) is 0 Å². The fourth-order valence-electron chi connectivity index (χ4n) is 1.25. The van der Waals surface area contributed by atoms with Crippen LogP contribution in [0.5, 0.6) is 0 Å². The number of aliphatic hydroxyl groups excluding tert-OH is 1. The molecule has 0 aromatic carbocycles. The van der Waals surface area contributed by atoms with Crippen LogP contribution in [0.1, 0.15) is 0 Å². The van der Waals surface area contributed by atoms with Crippen molar-refractivity contribution in [1.29, 1.82) is 0 Å². The van der Waals surface area contributed by atoms with E-state index in [-0.39, 0.29) is 12.4 Å². The number of H-pyrrole nitrogens is 1. The van der Waals surface area contributed by atoms with Crippen molar-refractivity contribution in [3.05, 3.63) is 16.7 Å². The molecule has 0 atom stereocenters. The number of nitrogens with two attached hydrogens (primary N) is 1. The number of hydrogen-bond acceptors (Lipinski definition) is 5. The lowest BCUT2D eigenvalue weighted by atomic mass is 10.4. The highest BCUT2D eigenvalue weighted by Crippen LogP contribution is 2.22. The number of aliphatic hydroxyl groups is 1. The number of rotatable bonds is 4. The molecule has 0 unspecified atom stereocenters. The predicted molar refractivity (Wildman–Crippen MR) is 54.6 cm³/mol. The normalized spacial score (nSPS) is 11.5. The van der Waals surface area contributed by atoms with Crippen LogP contribution in [0.25, 0.3) is 0 Å². The Morgan fingerprint density at radius 2 is 2.18 bits per heavy atom. The molecule has 6 nitrogen and oxygen atoms in total. The summed E-state index contributed by atoms with van der Waals surface area (Å²) >= 11 is 0. The highest BCUT2D eigenvalue weighted by atomic mass is 19.4. The third-order valence-corrected chi connectivity index (χ3v) is 1.91. The minimum Gasteiger partial charge on any atom is -0.395 e. The van der Waals surface area contributed by atoms with Gasteiger partial charge in [-0.3, -0.25) is 4.79 Å². The van der Waals surface area contributed by atoms with Crippen molar-refractivity contribution >= 4 is 11.5 Å². The van der Waals surface area contributed by atoms with Gasteiger partial charge in [-0.15, -0.1) is 0 Å². The summed E-state index contributed by atoms with van der Waals surface area (Å²) in [5, 5.41) is 8.69. The van der Waals surface area contributed by atoms with E-state index in [1.165, 1.54) is 0 Å². The summed E-state index contributed by atoms with van der Waals surface area (Å²) in [4.78, 5) is 17.5. The first-order valence-corrected chi connectivity index (χ1v) is 4.61. The molecule has 1 aromatic heterocycles. The quantitative estimate of drug-likeness (QED) is 0.684. The number of halogens is 3. The molecule has 96 valence electrons. The summed E-state index contributed by atoms with van der Waals surface area (Å²) in [7, 11) is 0. The Bertz CT molecular complexity index is 432. The molecule has 0 radical (unpaired) electrons. The van der Waals surface area contributed by atoms with Gasteiger partial charge in [0.2, 0.25) is 0 Å². The minimum atomic E-state index is -4.48. The van der Waals surface area contributed by atoms with Gasteiger partial charge in [-0.2, -0.15) is 13.2 Å². The Morgan fingerprint density at radius 1 is 1.53 bits per heavy atom. The van der Waals surface area contributed by atoms with Gasteiger partial charge in [-0.25, -0.2) is 4.98 Å². The van der Waals surface area contributed by atoms with Crippen molar-refractivity contribution in [2.24, 2.45) is 0 Å². The third-order valence-electron chi connectivity index (χ3n) is 1.91. The first-order valence-electron chi connectivity index (χ1n) is 4.61. The molecule has 17 heavy (non-hydrogen) atoms. The van der Waals surface area contributed by atoms with Crippen LogP contribution in [0.4, 0.5) is 24.7 Å². The maximum Gasteiger partial charge on any atom is 0.405 e. The molecular weight excluding hydrogens is 241 g/mol. The second-order valence-corrected chi connectivity index (χ2v) is 3.23. The molecule has 0 aliphatic heterocycles. The summed E-state index contributed by atoms with van der Waals surface area (Å²) in [5.41, 5.74) is 4.20. The van der Waals surface area contributed by atoms with Gasteiger partial charge >= 0.3 is 6.18 Å². The molecule has 0 aliphatic rings. The molecular formula is C8H11F3N4O2. The van der Waals surface area contributed by atoms with Crippen LogP contribution in [0.2, 0.25) is 0 Å². The van der Waals surface area contributed by atoms with Gasteiger partial charge < -0.3 is 20.7 Å². The topological polar surface area (TPSA) is 95.2 Å². The molecule has 0 amide bonds. The fraction of sp³-hybridized carbons (Fsp3) is 0.500. The van der Waals surface area contributed by atoms with Gasteiger partial charge in [-0.1, -0.05) is 0 Å². The zero-order valence-corrected chi connectivity index (χ0v) is 8.66. The van der Waals surface area contributed by atoms with E-state index >= 15 is 0 Å². The first-order chi connectivity index (χ1) is 7.85.